The van der Waals surface area contributed by atoms with E-state index in [1.807, 2.05) is 50.2 Å². The maximum atomic E-state index is 12.7. The molecule has 4 nitrogen and oxygen atoms in total. The minimum atomic E-state index is -0.217. The summed E-state index contributed by atoms with van der Waals surface area (Å²) in [6.07, 6.45) is 0. The summed E-state index contributed by atoms with van der Waals surface area (Å²) >= 11 is 0. The molecule has 0 bridgehead atoms. The minimum absolute atomic E-state index is 0.0395. The molecule has 4 heteroatoms. The first-order valence-corrected chi connectivity index (χ1v) is 9.08. The summed E-state index contributed by atoms with van der Waals surface area (Å²) in [5, 5.41) is 2.88. The van der Waals surface area contributed by atoms with Gasteiger partial charge in [0.1, 0.15) is 0 Å². The van der Waals surface area contributed by atoms with Gasteiger partial charge in [0.05, 0.1) is 11.3 Å². The largest absolute Gasteiger partial charge is 0.339 e. The van der Waals surface area contributed by atoms with Crippen molar-refractivity contribution in [3.05, 3.63) is 65.2 Å². The van der Waals surface area contributed by atoms with E-state index < -0.39 is 0 Å². The van der Waals surface area contributed by atoms with E-state index in [0.717, 1.165) is 0 Å². The highest BCUT2D eigenvalue weighted by atomic mass is 16.2. The van der Waals surface area contributed by atoms with Crippen LogP contribution in [0.25, 0.3) is 0 Å². The summed E-state index contributed by atoms with van der Waals surface area (Å²) < 4.78 is 0. The Morgan fingerprint density at radius 3 is 2.04 bits per heavy atom. The molecule has 2 aromatic rings. The van der Waals surface area contributed by atoms with Crippen molar-refractivity contribution in [3.8, 4) is 0 Å². The molecule has 0 aromatic heterocycles. The van der Waals surface area contributed by atoms with Crippen LogP contribution < -0.4 is 5.32 Å². The number of hydrogen-bond acceptors (Lipinski definition) is 2. The lowest BCUT2D eigenvalue weighted by Crippen LogP contribution is -2.31. The second kappa shape index (κ2) is 8.17. The molecule has 0 aliphatic rings. The van der Waals surface area contributed by atoms with Crippen molar-refractivity contribution in [2.75, 3.05) is 18.4 Å². The molecule has 0 saturated heterocycles. The molecular weight excluding hydrogens is 324 g/mol. The SMILES string of the molecule is CCN(CC)C(=O)c1ccccc1NC(=O)c1ccc(C(C)(C)C)cc1. The third kappa shape index (κ3) is 4.51. The van der Waals surface area contributed by atoms with Gasteiger partial charge in [-0.25, -0.2) is 0 Å². The van der Waals surface area contributed by atoms with Crippen molar-refractivity contribution in [2.45, 2.75) is 40.0 Å². The van der Waals surface area contributed by atoms with Crippen molar-refractivity contribution in [1.29, 1.82) is 0 Å². The Morgan fingerprint density at radius 1 is 0.923 bits per heavy atom. The lowest BCUT2D eigenvalue weighted by molar-refractivity contribution is 0.0774. The molecule has 0 spiro atoms. The van der Waals surface area contributed by atoms with Crippen LogP contribution >= 0.6 is 0 Å². The summed E-state index contributed by atoms with van der Waals surface area (Å²) in [5.74, 6) is -0.292. The zero-order chi connectivity index (χ0) is 19.3. The number of amides is 2. The molecule has 0 saturated carbocycles. The fourth-order valence-corrected chi connectivity index (χ4v) is 2.78. The van der Waals surface area contributed by atoms with Crippen molar-refractivity contribution < 1.29 is 9.59 Å². The van der Waals surface area contributed by atoms with Crippen LogP contribution in [-0.4, -0.2) is 29.8 Å². The highest BCUT2D eigenvalue weighted by Crippen LogP contribution is 2.23. The summed E-state index contributed by atoms with van der Waals surface area (Å²) in [6.45, 7) is 11.6. The van der Waals surface area contributed by atoms with E-state index in [1.165, 1.54) is 5.56 Å². The number of carbonyl (C=O) groups is 2. The summed E-state index contributed by atoms with van der Waals surface area (Å²) in [5.41, 5.74) is 2.83. The molecule has 0 atom stereocenters. The fraction of sp³-hybridized carbons (Fsp3) is 0.364. The van der Waals surface area contributed by atoms with Crippen LogP contribution in [-0.2, 0) is 5.41 Å². The quantitative estimate of drug-likeness (QED) is 0.846. The van der Waals surface area contributed by atoms with Gasteiger partial charge in [-0.3, -0.25) is 9.59 Å². The number of nitrogens with zero attached hydrogens (tertiary/aromatic N) is 1. The molecule has 2 aromatic carbocycles. The lowest BCUT2D eigenvalue weighted by atomic mass is 9.86. The van der Waals surface area contributed by atoms with Gasteiger partial charge in [0, 0.05) is 18.7 Å². The van der Waals surface area contributed by atoms with Gasteiger partial charge in [0.15, 0.2) is 0 Å². The van der Waals surface area contributed by atoms with E-state index >= 15 is 0 Å². The monoisotopic (exact) mass is 352 g/mol. The van der Waals surface area contributed by atoms with E-state index in [2.05, 4.69) is 26.1 Å². The number of hydrogen-bond donors (Lipinski definition) is 1. The van der Waals surface area contributed by atoms with Crippen LogP contribution in [0.1, 0.15) is 60.9 Å². The van der Waals surface area contributed by atoms with E-state index in [0.29, 0.717) is 29.9 Å². The van der Waals surface area contributed by atoms with E-state index in [-0.39, 0.29) is 17.2 Å². The molecule has 0 fully saturated rings. The average Bonchev–Trinajstić information content (AvgIpc) is 2.62. The van der Waals surface area contributed by atoms with Crippen LogP contribution in [0.5, 0.6) is 0 Å². The molecule has 138 valence electrons. The van der Waals surface area contributed by atoms with Crippen molar-refractivity contribution in [2.24, 2.45) is 0 Å². The standard InChI is InChI=1S/C22H28N2O2/c1-6-24(7-2)21(26)18-10-8-9-11-19(18)23-20(25)16-12-14-17(15-13-16)22(3,4)5/h8-15H,6-7H2,1-5H3,(H,23,25). The summed E-state index contributed by atoms with van der Waals surface area (Å²) in [4.78, 5) is 27.0. The molecule has 0 heterocycles. The van der Waals surface area contributed by atoms with E-state index in [4.69, 9.17) is 0 Å². The summed E-state index contributed by atoms with van der Waals surface area (Å²) in [6, 6.07) is 14.7. The Morgan fingerprint density at radius 2 is 1.50 bits per heavy atom. The first-order valence-electron chi connectivity index (χ1n) is 9.08. The molecule has 2 rings (SSSR count). The molecule has 26 heavy (non-hydrogen) atoms. The van der Waals surface area contributed by atoms with Gasteiger partial charge in [-0.05, 0) is 49.1 Å². The highest BCUT2D eigenvalue weighted by molar-refractivity contribution is 6.09. The van der Waals surface area contributed by atoms with Gasteiger partial charge in [0.2, 0.25) is 0 Å². The number of carbonyl (C=O) groups excluding carboxylic acids is 2. The van der Waals surface area contributed by atoms with Crippen LogP contribution in [0.2, 0.25) is 0 Å². The van der Waals surface area contributed by atoms with E-state index in [9.17, 15) is 9.59 Å². The topological polar surface area (TPSA) is 49.4 Å². The molecule has 0 aliphatic carbocycles. The van der Waals surface area contributed by atoms with Crippen LogP contribution in [0.15, 0.2) is 48.5 Å². The predicted octanol–water partition coefficient (Wildman–Crippen LogP) is 4.72. The molecule has 0 aliphatic heterocycles. The van der Waals surface area contributed by atoms with E-state index in [1.54, 1.807) is 17.0 Å². The smallest absolute Gasteiger partial charge is 0.255 e. The van der Waals surface area contributed by atoms with Crippen LogP contribution in [0, 0.1) is 0 Å². The Labute approximate surface area is 156 Å². The number of para-hydroxylation sites is 1. The van der Waals surface area contributed by atoms with Gasteiger partial charge >= 0.3 is 0 Å². The second-order valence-corrected chi connectivity index (χ2v) is 7.30. The van der Waals surface area contributed by atoms with Gasteiger partial charge in [-0.1, -0.05) is 45.0 Å². The van der Waals surface area contributed by atoms with Gasteiger partial charge in [-0.15, -0.1) is 0 Å². The Kier molecular flexibility index (Phi) is 6.19. The Balaban J connectivity index is 2.23. The average molecular weight is 352 g/mol. The number of rotatable bonds is 5. The first-order chi connectivity index (χ1) is 12.3. The van der Waals surface area contributed by atoms with Crippen LogP contribution in [0.3, 0.4) is 0 Å². The maximum Gasteiger partial charge on any atom is 0.255 e. The number of nitrogens with one attached hydrogen (secondary N) is 1. The van der Waals surface area contributed by atoms with Crippen LogP contribution in [0.4, 0.5) is 5.69 Å². The molecular formula is C22H28N2O2. The van der Waals surface area contributed by atoms with Gasteiger partial charge < -0.3 is 10.2 Å². The first kappa shape index (κ1) is 19.7. The second-order valence-electron chi connectivity index (χ2n) is 7.30. The summed E-state index contributed by atoms with van der Waals surface area (Å²) in [7, 11) is 0. The molecule has 2 amide bonds. The predicted molar refractivity (Wildman–Crippen MR) is 107 cm³/mol. The van der Waals surface area contributed by atoms with Gasteiger partial charge in [-0.2, -0.15) is 0 Å². The Bertz CT molecular complexity index is 769. The zero-order valence-corrected chi connectivity index (χ0v) is 16.3. The number of anilines is 1. The van der Waals surface area contributed by atoms with Crippen molar-refractivity contribution in [3.63, 3.8) is 0 Å². The maximum absolute atomic E-state index is 12.7. The molecule has 0 unspecified atom stereocenters. The Hall–Kier alpha value is -2.62. The lowest BCUT2D eigenvalue weighted by Gasteiger charge is -2.21. The van der Waals surface area contributed by atoms with Crippen molar-refractivity contribution in [1.82, 2.24) is 4.90 Å². The number of benzene rings is 2. The fourth-order valence-electron chi connectivity index (χ4n) is 2.78. The van der Waals surface area contributed by atoms with Gasteiger partial charge in [0.25, 0.3) is 11.8 Å². The minimum Gasteiger partial charge on any atom is -0.339 e. The normalized spacial score (nSPS) is 11.1. The third-order valence-corrected chi connectivity index (χ3v) is 4.47. The highest BCUT2D eigenvalue weighted by Gasteiger charge is 2.18. The molecule has 1 N–H and O–H groups in total. The zero-order valence-electron chi connectivity index (χ0n) is 16.3. The molecule has 0 radical (unpaired) electrons. The van der Waals surface area contributed by atoms with Crippen molar-refractivity contribution >= 4 is 17.5 Å². The third-order valence-electron chi connectivity index (χ3n) is 4.47.